The lowest BCUT2D eigenvalue weighted by Gasteiger charge is -2.11. The fraction of sp³-hybridized carbons (Fsp3) is 0.304. The highest BCUT2D eigenvalue weighted by molar-refractivity contribution is 7.16. The highest BCUT2D eigenvalue weighted by Gasteiger charge is 2.18. The van der Waals surface area contributed by atoms with Crippen LogP contribution < -0.4 is 4.74 Å². The molecule has 1 aliphatic rings. The number of nitrogens with zero attached hydrogens (tertiary/aromatic N) is 2. The van der Waals surface area contributed by atoms with Gasteiger partial charge in [-0.3, -0.25) is 0 Å². The van der Waals surface area contributed by atoms with Crippen LogP contribution >= 0.6 is 11.3 Å². The van der Waals surface area contributed by atoms with Crippen molar-refractivity contribution in [2.24, 2.45) is 0 Å². The van der Waals surface area contributed by atoms with Gasteiger partial charge < -0.3 is 4.74 Å². The van der Waals surface area contributed by atoms with Gasteiger partial charge in [0.15, 0.2) is 0 Å². The molecule has 0 spiro atoms. The SMILES string of the molecule is C=C1CCC/C1=C(/C=C\C)c1cnc(-c2ccc(OC(C)C)c(C#N)c2)s1. The van der Waals surface area contributed by atoms with Crippen LogP contribution in [0.15, 0.2) is 54.3 Å². The lowest BCUT2D eigenvalue weighted by Crippen LogP contribution is -2.06. The van der Waals surface area contributed by atoms with Crippen LogP contribution in [0.3, 0.4) is 0 Å². The van der Waals surface area contributed by atoms with E-state index in [1.165, 1.54) is 23.1 Å². The first-order chi connectivity index (χ1) is 13.0. The fourth-order valence-corrected chi connectivity index (χ4v) is 4.23. The smallest absolute Gasteiger partial charge is 0.137 e. The molecular weight excluding hydrogens is 352 g/mol. The Morgan fingerprint density at radius 3 is 2.81 bits per heavy atom. The lowest BCUT2D eigenvalue weighted by molar-refractivity contribution is 0.242. The maximum absolute atomic E-state index is 9.47. The topological polar surface area (TPSA) is 45.9 Å². The number of aromatic nitrogens is 1. The van der Waals surface area contributed by atoms with Crippen LogP contribution in [-0.4, -0.2) is 11.1 Å². The summed E-state index contributed by atoms with van der Waals surface area (Å²) in [6, 6.07) is 7.92. The number of benzene rings is 1. The Bertz CT molecular complexity index is 957. The highest BCUT2D eigenvalue weighted by Crippen LogP contribution is 2.39. The third kappa shape index (κ3) is 4.20. The molecule has 27 heavy (non-hydrogen) atoms. The largest absolute Gasteiger partial charge is 0.490 e. The molecule has 1 fully saturated rings. The van der Waals surface area contributed by atoms with E-state index in [0.717, 1.165) is 28.3 Å². The number of rotatable bonds is 5. The molecule has 0 saturated heterocycles. The summed E-state index contributed by atoms with van der Waals surface area (Å²) in [6.07, 6.45) is 9.50. The molecule has 0 unspecified atom stereocenters. The molecule has 0 radical (unpaired) electrons. The molecule has 0 bridgehead atoms. The van der Waals surface area contributed by atoms with E-state index >= 15 is 0 Å². The summed E-state index contributed by atoms with van der Waals surface area (Å²) in [5.74, 6) is 0.618. The first-order valence-electron chi connectivity index (χ1n) is 9.24. The van der Waals surface area contributed by atoms with Crippen molar-refractivity contribution in [3.63, 3.8) is 0 Å². The van der Waals surface area contributed by atoms with Gasteiger partial charge in [-0.05, 0) is 69.4 Å². The molecule has 138 valence electrons. The number of thiazole rings is 1. The van der Waals surface area contributed by atoms with Crippen LogP contribution in [0.2, 0.25) is 0 Å². The molecule has 3 nitrogen and oxygen atoms in total. The zero-order valence-electron chi connectivity index (χ0n) is 16.1. The third-order valence-corrected chi connectivity index (χ3v) is 5.55. The zero-order valence-corrected chi connectivity index (χ0v) is 16.9. The first-order valence-corrected chi connectivity index (χ1v) is 10.1. The number of ether oxygens (including phenoxy) is 1. The second-order valence-corrected chi connectivity index (χ2v) is 7.90. The Labute approximate surface area is 165 Å². The number of hydrogen-bond acceptors (Lipinski definition) is 4. The molecule has 1 aromatic carbocycles. The van der Waals surface area contributed by atoms with Gasteiger partial charge in [-0.15, -0.1) is 11.3 Å². The Morgan fingerprint density at radius 1 is 1.37 bits per heavy atom. The summed E-state index contributed by atoms with van der Waals surface area (Å²) < 4.78 is 5.72. The van der Waals surface area contributed by atoms with E-state index in [0.29, 0.717) is 11.3 Å². The molecule has 1 aliphatic carbocycles. The van der Waals surface area contributed by atoms with Crippen LogP contribution in [-0.2, 0) is 0 Å². The summed E-state index contributed by atoms with van der Waals surface area (Å²) in [5.41, 5.74) is 5.29. The average Bonchev–Trinajstić information content (AvgIpc) is 3.29. The summed E-state index contributed by atoms with van der Waals surface area (Å²) in [5, 5.41) is 10.4. The van der Waals surface area contributed by atoms with Gasteiger partial charge in [0, 0.05) is 11.8 Å². The quantitative estimate of drug-likeness (QED) is 0.595. The molecule has 0 N–H and O–H groups in total. The van der Waals surface area contributed by atoms with E-state index in [1.54, 1.807) is 11.3 Å². The van der Waals surface area contributed by atoms with Gasteiger partial charge in [0.05, 0.1) is 16.5 Å². The minimum absolute atomic E-state index is 0.0314. The molecule has 0 aliphatic heterocycles. The molecule has 1 heterocycles. The Balaban J connectivity index is 1.98. The van der Waals surface area contributed by atoms with Crippen molar-refractivity contribution in [3.05, 3.63) is 64.7 Å². The number of nitriles is 1. The lowest BCUT2D eigenvalue weighted by atomic mass is 10.0. The summed E-state index contributed by atoms with van der Waals surface area (Å²) >= 11 is 1.65. The van der Waals surface area contributed by atoms with Crippen molar-refractivity contribution in [1.29, 1.82) is 5.26 Å². The molecule has 0 atom stereocenters. The van der Waals surface area contributed by atoms with Gasteiger partial charge >= 0.3 is 0 Å². The van der Waals surface area contributed by atoms with Crippen LogP contribution in [0, 0.1) is 11.3 Å². The van der Waals surface area contributed by atoms with Gasteiger partial charge in [-0.25, -0.2) is 4.98 Å². The highest BCUT2D eigenvalue weighted by atomic mass is 32.1. The molecule has 3 rings (SSSR count). The van der Waals surface area contributed by atoms with Gasteiger partial charge in [-0.1, -0.05) is 24.3 Å². The fourth-order valence-electron chi connectivity index (χ4n) is 3.27. The van der Waals surface area contributed by atoms with Crippen LogP contribution in [0.1, 0.15) is 50.5 Å². The number of hydrogen-bond donors (Lipinski definition) is 0. The minimum Gasteiger partial charge on any atom is -0.490 e. The first kappa shape index (κ1) is 19.1. The molecule has 1 saturated carbocycles. The summed E-state index contributed by atoms with van der Waals surface area (Å²) in [6.45, 7) is 10.2. The van der Waals surface area contributed by atoms with E-state index in [1.807, 2.05) is 45.2 Å². The maximum atomic E-state index is 9.47. The second-order valence-electron chi connectivity index (χ2n) is 6.87. The van der Waals surface area contributed by atoms with E-state index in [4.69, 9.17) is 4.74 Å². The van der Waals surface area contributed by atoms with E-state index in [9.17, 15) is 5.26 Å². The van der Waals surface area contributed by atoms with E-state index in [2.05, 4.69) is 29.8 Å². The predicted molar refractivity (Wildman–Crippen MR) is 113 cm³/mol. The third-order valence-electron chi connectivity index (χ3n) is 4.47. The van der Waals surface area contributed by atoms with Crippen molar-refractivity contribution in [1.82, 2.24) is 4.98 Å². The Kier molecular flexibility index (Phi) is 5.93. The molecule has 0 amide bonds. The Morgan fingerprint density at radius 2 is 2.19 bits per heavy atom. The van der Waals surface area contributed by atoms with Crippen molar-refractivity contribution in [2.75, 3.05) is 0 Å². The van der Waals surface area contributed by atoms with Crippen LogP contribution in [0.4, 0.5) is 0 Å². The van der Waals surface area contributed by atoms with Gasteiger partial charge in [-0.2, -0.15) is 5.26 Å². The van der Waals surface area contributed by atoms with Crippen molar-refractivity contribution in [3.8, 4) is 22.4 Å². The van der Waals surface area contributed by atoms with Gasteiger partial charge in [0.1, 0.15) is 16.8 Å². The molecule has 1 aromatic heterocycles. The van der Waals surface area contributed by atoms with E-state index < -0.39 is 0 Å². The summed E-state index contributed by atoms with van der Waals surface area (Å²) in [4.78, 5) is 5.76. The van der Waals surface area contributed by atoms with Crippen LogP contribution in [0.25, 0.3) is 16.1 Å². The predicted octanol–water partition coefficient (Wildman–Crippen LogP) is 6.54. The van der Waals surface area contributed by atoms with Crippen molar-refractivity contribution < 1.29 is 4.74 Å². The van der Waals surface area contributed by atoms with Crippen molar-refractivity contribution >= 4 is 16.9 Å². The zero-order chi connectivity index (χ0) is 19.4. The second kappa shape index (κ2) is 8.37. The standard InChI is InChI=1S/C23H24N2OS/c1-5-7-20(19-9-6-8-16(19)4)22-14-25-23(27-22)17-10-11-21(26-15(2)3)18(12-17)13-24/h5,7,10-12,14-15H,4,6,8-9H2,1-3H3/b7-5-,20-19+. The average molecular weight is 377 g/mol. The molecule has 4 heteroatoms. The molecular formula is C23H24N2OS. The normalized spacial score (nSPS) is 16.2. The maximum Gasteiger partial charge on any atom is 0.137 e. The van der Waals surface area contributed by atoms with Gasteiger partial charge in [0.25, 0.3) is 0 Å². The Hall–Kier alpha value is -2.64. The molecule has 2 aromatic rings. The van der Waals surface area contributed by atoms with Crippen molar-refractivity contribution in [2.45, 2.75) is 46.1 Å². The van der Waals surface area contributed by atoms with Crippen LogP contribution in [0.5, 0.6) is 5.75 Å². The monoisotopic (exact) mass is 376 g/mol. The van der Waals surface area contributed by atoms with E-state index in [-0.39, 0.29) is 6.10 Å². The van der Waals surface area contributed by atoms with Gasteiger partial charge in [0.2, 0.25) is 0 Å². The summed E-state index contributed by atoms with van der Waals surface area (Å²) in [7, 11) is 0. The number of allylic oxidation sites excluding steroid dienone is 5. The minimum atomic E-state index is 0.0314.